The second-order valence-electron chi connectivity index (χ2n) is 6.76. The van der Waals surface area contributed by atoms with Crippen LogP contribution in [-0.4, -0.2) is 26.3 Å². The summed E-state index contributed by atoms with van der Waals surface area (Å²) in [5.41, 5.74) is 2.59. The van der Waals surface area contributed by atoms with Crippen LogP contribution in [0.2, 0.25) is 0 Å². The van der Waals surface area contributed by atoms with E-state index in [4.69, 9.17) is 16.6 Å². The molecule has 0 radical (unpaired) electrons. The van der Waals surface area contributed by atoms with Crippen molar-refractivity contribution < 1.29 is 32.3 Å². The van der Waals surface area contributed by atoms with Crippen LogP contribution in [0.1, 0.15) is 21.7 Å². The minimum absolute atomic E-state index is 0.0252. The van der Waals surface area contributed by atoms with E-state index in [9.17, 15) is 27.9 Å². The number of halogens is 3. The lowest BCUT2D eigenvalue weighted by molar-refractivity contribution is -0.137. The third-order valence-corrected chi connectivity index (χ3v) is 5.88. The van der Waals surface area contributed by atoms with Gasteiger partial charge in [-0.05, 0) is 48.6 Å². The van der Waals surface area contributed by atoms with E-state index in [1.165, 1.54) is 30.3 Å². The summed E-state index contributed by atoms with van der Waals surface area (Å²) in [6.45, 7) is 0. The highest BCUT2D eigenvalue weighted by molar-refractivity contribution is 8.26. The summed E-state index contributed by atoms with van der Waals surface area (Å²) in [6.07, 6.45) is -2.97. The van der Waals surface area contributed by atoms with Crippen LogP contribution in [0.4, 0.5) is 18.9 Å². The summed E-state index contributed by atoms with van der Waals surface area (Å²) in [5, 5.41) is 10.4. The number of alkyl halides is 3. The lowest BCUT2D eigenvalue weighted by Gasteiger charge is -2.18. The molecule has 3 aromatic rings. The van der Waals surface area contributed by atoms with Gasteiger partial charge in [0.05, 0.1) is 21.7 Å². The molecule has 1 aliphatic heterocycles. The van der Waals surface area contributed by atoms with Crippen molar-refractivity contribution in [2.75, 3.05) is 5.43 Å². The van der Waals surface area contributed by atoms with Gasteiger partial charge in [-0.1, -0.05) is 36.0 Å². The first kappa shape index (κ1) is 22.6. The molecule has 1 saturated heterocycles. The third kappa shape index (κ3) is 4.78. The van der Waals surface area contributed by atoms with Crippen LogP contribution in [-0.2, 0) is 11.0 Å². The summed E-state index contributed by atoms with van der Waals surface area (Å²) in [7, 11) is 0. The molecule has 0 bridgehead atoms. The summed E-state index contributed by atoms with van der Waals surface area (Å²) in [4.78, 5) is 24.4. The molecule has 0 aliphatic carbocycles. The monoisotopic (exact) mass is 490 g/mol. The lowest BCUT2D eigenvalue weighted by Crippen LogP contribution is -2.34. The van der Waals surface area contributed by atoms with E-state index in [1.807, 2.05) is 0 Å². The van der Waals surface area contributed by atoms with E-state index >= 15 is 0 Å². The second-order valence-corrected chi connectivity index (χ2v) is 8.43. The van der Waals surface area contributed by atoms with Gasteiger partial charge in [0.1, 0.15) is 11.5 Å². The molecular formula is C22H13F3N2O4S2. The Morgan fingerprint density at radius 3 is 2.45 bits per heavy atom. The quantitative estimate of drug-likeness (QED) is 0.341. The van der Waals surface area contributed by atoms with Gasteiger partial charge in [-0.25, -0.2) is 9.80 Å². The highest BCUT2D eigenvalue weighted by atomic mass is 32.2. The standard InChI is InChI=1S/C22H13F3N2O4S2/c23-22(24,25)13-7-5-12(6-8-13)17-10-9-14(31-17)11-18-19(28)27(21(32)33-18)26-16-4-2-1-3-15(16)20(29)30/h1-11,26H,(H,29,30). The normalized spacial score (nSPS) is 15.4. The molecule has 33 heavy (non-hydrogen) atoms. The molecule has 1 aromatic heterocycles. The van der Waals surface area contributed by atoms with Gasteiger partial charge in [0.2, 0.25) is 0 Å². The Balaban J connectivity index is 1.53. The molecule has 0 unspecified atom stereocenters. The molecular weight excluding hydrogens is 477 g/mol. The van der Waals surface area contributed by atoms with Crippen LogP contribution < -0.4 is 5.43 Å². The molecule has 6 nitrogen and oxygen atoms in total. The number of rotatable bonds is 5. The van der Waals surface area contributed by atoms with Crippen molar-refractivity contribution in [1.82, 2.24) is 5.01 Å². The predicted octanol–water partition coefficient (Wildman–Crippen LogP) is 5.89. The number of para-hydroxylation sites is 1. The first-order chi connectivity index (χ1) is 15.6. The van der Waals surface area contributed by atoms with Crippen LogP contribution in [0.15, 0.2) is 70.0 Å². The molecule has 0 atom stereocenters. The maximum Gasteiger partial charge on any atom is 0.416 e. The fraction of sp³-hybridized carbons (Fsp3) is 0.0455. The van der Waals surface area contributed by atoms with E-state index in [-0.39, 0.29) is 20.5 Å². The molecule has 0 spiro atoms. The van der Waals surface area contributed by atoms with Gasteiger partial charge in [0, 0.05) is 11.6 Å². The number of carboxylic acid groups (broad SMARTS) is 1. The van der Waals surface area contributed by atoms with Crippen LogP contribution in [0.3, 0.4) is 0 Å². The fourth-order valence-corrected chi connectivity index (χ4v) is 4.15. The second kappa shape index (κ2) is 8.75. The number of nitrogens with zero attached hydrogens (tertiary/aromatic N) is 1. The van der Waals surface area contributed by atoms with Gasteiger partial charge < -0.3 is 9.52 Å². The average molecular weight is 490 g/mol. The van der Waals surface area contributed by atoms with Crippen LogP contribution in [0, 0.1) is 0 Å². The number of carbonyl (C=O) groups is 2. The van der Waals surface area contributed by atoms with Gasteiger partial charge in [-0.3, -0.25) is 10.2 Å². The van der Waals surface area contributed by atoms with Crippen LogP contribution >= 0.6 is 24.0 Å². The number of amides is 1. The molecule has 168 valence electrons. The van der Waals surface area contributed by atoms with Crippen LogP contribution in [0.5, 0.6) is 0 Å². The van der Waals surface area contributed by atoms with Crippen molar-refractivity contribution >= 4 is 51.9 Å². The van der Waals surface area contributed by atoms with Crippen molar-refractivity contribution in [2.24, 2.45) is 0 Å². The minimum Gasteiger partial charge on any atom is -0.478 e. The molecule has 2 N–H and O–H groups in total. The smallest absolute Gasteiger partial charge is 0.416 e. The summed E-state index contributed by atoms with van der Waals surface area (Å²) >= 11 is 6.23. The van der Waals surface area contributed by atoms with Crippen molar-refractivity contribution in [2.45, 2.75) is 6.18 Å². The van der Waals surface area contributed by atoms with Gasteiger partial charge in [0.25, 0.3) is 5.91 Å². The number of thiocarbonyl (C=S) groups is 1. The number of thioether (sulfide) groups is 1. The van der Waals surface area contributed by atoms with E-state index in [1.54, 1.807) is 24.3 Å². The molecule has 1 fully saturated rings. The number of carboxylic acids is 1. The molecule has 2 aromatic carbocycles. The first-order valence-corrected chi connectivity index (χ1v) is 10.5. The Morgan fingerprint density at radius 2 is 1.79 bits per heavy atom. The molecule has 2 heterocycles. The Hall–Kier alpha value is -3.57. The number of nitrogens with one attached hydrogen (secondary N) is 1. The van der Waals surface area contributed by atoms with E-state index in [2.05, 4.69) is 5.43 Å². The van der Waals surface area contributed by atoms with E-state index in [0.717, 1.165) is 28.9 Å². The summed E-state index contributed by atoms with van der Waals surface area (Å²) in [6, 6.07) is 13.8. The zero-order valence-electron chi connectivity index (χ0n) is 16.4. The zero-order valence-corrected chi connectivity index (χ0v) is 18.1. The highest BCUT2D eigenvalue weighted by Gasteiger charge is 2.33. The van der Waals surface area contributed by atoms with Gasteiger partial charge in [0.15, 0.2) is 4.32 Å². The van der Waals surface area contributed by atoms with Gasteiger partial charge >= 0.3 is 12.1 Å². The number of aromatic carboxylic acids is 1. The molecule has 4 rings (SSSR count). The topological polar surface area (TPSA) is 82.8 Å². The van der Waals surface area contributed by atoms with E-state index in [0.29, 0.717) is 17.1 Å². The summed E-state index contributed by atoms with van der Waals surface area (Å²) < 4.78 is 44.0. The molecule has 11 heteroatoms. The third-order valence-electron chi connectivity index (χ3n) is 4.58. The predicted molar refractivity (Wildman–Crippen MR) is 121 cm³/mol. The van der Waals surface area contributed by atoms with Crippen molar-refractivity contribution in [3.63, 3.8) is 0 Å². The number of carbonyl (C=O) groups excluding carboxylic acids is 1. The zero-order chi connectivity index (χ0) is 23.8. The number of furan rings is 1. The Kier molecular flexibility index (Phi) is 6.00. The van der Waals surface area contributed by atoms with E-state index < -0.39 is 23.6 Å². The van der Waals surface area contributed by atoms with Crippen molar-refractivity contribution in [3.05, 3.63) is 82.5 Å². The fourth-order valence-electron chi connectivity index (χ4n) is 2.99. The number of benzene rings is 2. The maximum absolute atomic E-state index is 12.8. The van der Waals surface area contributed by atoms with Gasteiger partial charge in [-0.2, -0.15) is 13.2 Å². The SMILES string of the molecule is O=C(O)c1ccccc1NN1C(=O)C(=Cc2ccc(-c3ccc(C(F)(F)F)cc3)o2)SC1=S. The Labute approximate surface area is 194 Å². The Bertz CT molecular complexity index is 1280. The van der Waals surface area contributed by atoms with Crippen LogP contribution in [0.25, 0.3) is 17.4 Å². The largest absolute Gasteiger partial charge is 0.478 e. The number of hydrazine groups is 1. The number of anilines is 1. The summed E-state index contributed by atoms with van der Waals surface area (Å²) in [5.74, 6) is -1.03. The molecule has 1 aliphatic rings. The van der Waals surface area contributed by atoms with Crippen molar-refractivity contribution in [1.29, 1.82) is 0 Å². The highest BCUT2D eigenvalue weighted by Crippen LogP contribution is 2.35. The van der Waals surface area contributed by atoms with Crippen molar-refractivity contribution in [3.8, 4) is 11.3 Å². The first-order valence-electron chi connectivity index (χ1n) is 9.28. The van der Waals surface area contributed by atoms with Gasteiger partial charge in [-0.15, -0.1) is 0 Å². The number of hydrogen-bond donors (Lipinski definition) is 2. The lowest BCUT2D eigenvalue weighted by atomic mass is 10.1. The average Bonchev–Trinajstić information content (AvgIpc) is 3.34. The minimum atomic E-state index is -4.43. The maximum atomic E-state index is 12.8. The molecule has 0 saturated carbocycles. The Morgan fingerprint density at radius 1 is 1.09 bits per heavy atom. The number of hydrogen-bond acceptors (Lipinski definition) is 6. The molecule has 1 amide bonds.